The van der Waals surface area contributed by atoms with E-state index in [0.29, 0.717) is 12.0 Å². The molecular formula is C22H34N4O. The maximum absolute atomic E-state index is 12.5. The minimum atomic E-state index is -0.134. The number of nitrogens with one attached hydrogen (secondary N) is 2. The molecule has 0 aromatic carbocycles. The molecule has 5 heteroatoms. The van der Waals surface area contributed by atoms with E-state index in [1.54, 1.807) is 23.5 Å². The fourth-order valence-corrected chi connectivity index (χ4v) is 4.50. The molecule has 1 atom stereocenters. The first-order valence-electron chi connectivity index (χ1n) is 10.3. The molecule has 1 aromatic heterocycles. The highest BCUT2D eigenvalue weighted by molar-refractivity contribution is 5.82. The van der Waals surface area contributed by atoms with Crippen LogP contribution in [0.15, 0.2) is 35.7 Å². The van der Waals surface area contributed by atoms with Crippen LogP contribution in [0.25, 0.3) is 0 Å². The average Bonchev–Trinajstić information content (AvgIpc) is 2.66. The van der Waals surface area contributed by atoms with Crippen LogP contribution in [0, 0.1) is 5.41 Å². The van der Waals surface area contributed by atoms with Crippen LogP contribution < -0.4 is 10.6 Å². The van der Waals surface area contributed by atoms with E-state index in [9.17, 15) is 4.79 Å². The summed E-state index contributed by atoms with van der Waals surface area (Å²) in [6, 6.07) is 3.74. The maximum Gasteiger partial charge on any atom is 0.238 e. The molecule has 1 fully saturated rings. The zero-order valence-electron chi connectivity index (χ0n) is 17.1. The van der Waals surface area contributed by atoms with Crippen molar-refractivity contribution in [2.24, 2.45) is 5.41 Å². The van der Waals surface area contributed by atoms with Gasteiger partial charge in [-0.25, -0.2) is 0 Å². The number of aromatic nitrogens is 1. The lowest BCUT2D eigenvalue weighted by atomic mass is 9.71. The number of carbonyl (C=O) groups excluding carboxylic acids is 1. The minimum absolute atomic E-state index is 0.0805. The lowest BCUT2D eigenvalue weighted by molar-refractivity contribution is -0.124. The summed E-state index contributed by atoms with van der Waals surface area (Å²) in [6.07, 6.45) is 8.53. The number of piperazine rings is 1. The molecule has 0 spiro atoms. The minimum Gasteiger partial charge on any atom is -0.351 e. The largest absolute Gasteiger partial charge is 0.351 e. The highest BCUT2D eigenvalue weighted by atomic mass is 16.2. The zero-order chi connectivity index (χ0) is 19.3. The monoisotopic (exact) mass is 370 g/mol. The molecule has 27 heavy (non-hydrogen) atoms. The Morgan fingerprint density at radius 2 is 2.30 bits per heavy atom. The molecular weight excluding hydrogens is 336 g/mol. The van der Waals surface area contributed by atoms with E-state index in [0.717, 1.165) is 38.2 Å². The molecule has 5 nitrogen and oxygen atoms in total. The molecule has 0 bridgehead atoms. The van der Waals surface area contributed by atoms with Gasteiger partial charge in [0.2, 0.25) is 5.91 Å². The number of amides is 1. The predicted molar refractivity (Wildman–Crippen MR) is 109 cm³/mol. The molecule has 2 heterocycles. The van der Waals surface area contributed by atoms with Gasteiger partial charge in [-0.1, -0.05) is 31.1 Å². The van der Waals surface area contributed by atoms with Gasteiger partial charge in [0.05, 0.1) is 6.04 Å². The van der Waals surface area contributed by atoms with Crippen LogP contribution in [0.4, 0.5) is 0 Å². The Morgan fingerprint density at radius 3 is 3.04 bits per heavy atom. The van der Waals surface area contributed by atoms with Gasteiger partial charge in [0.1, 0.15) is 0 Å². The number of rotatable bonds is 6. The van der Waals surface area contributed by atoms with Crippen molar-refractivity contribution >= 4 is 5.91 Å². The van der Waals surface area contributed by atoms with Crippen LogP contribution in [0.1, 0.15) is 52.0 Å². The fourth-order valence-electron chi connectivity index (χ4n) is 4.50. The van der Waals surface area contributed by atoms with Gasteiger partial charge in [0, 0.05) is 45.1 Å². The second-order valence-corrected chi connectivity index (χ2v) is 8.63. The topological polar surface area (TPSA) is 57.3 Å². The van der Waals surface area contributed by atoms with Crippen LogP contribution in [0.2, 0.25) is 0 Å². The number of allylic oxidation sites excluding steroid dienone is 1. The highest BCUT2D eigenvalue weighted by Gasteiger charge is 2.30. The van der Waals surface area contributed by atoms with Gasteiger partial charge in [0.15, 0.2) is 0 Å². The van der Waals surface area contributed by atoms with Crippen molar-refractivity contribution in [3.63, 3.8) is 0 Å². The molecule has 2 N–H and O–H groups in total. The Kier molecular flexibility index (Phi) is 6.66. The smallest absolute Gasteiger partial charge is 0.238 e. The van der Waals surface area contributed by atoms with Crippen LogP contribution in [-0.4, -0.2) is 48.0 Å². The van der Waals surface area contributed by atoms with Crippen molar-refractivity contribution in [3.8, 4) is 0 Å². The third kappa shape index (κ3) is 5.39. The summed E-state index contributed by atoms with van der Waals surface area (Å²) in [7, 11) is 0. The van der Waals surface area contributed by atoms with E-state index in [4.69, 9.17) is 0 Å². The summed E-state index contributed by atoms with van der Waals surface area (Å²) in [5, 5.41) is 6.40. The standard InChI is InChI=1S/C22H34N4O/c1-17-6-4-9-22(2,3)19(17)8-12-26-13-11-24-20(16-26)21(27)25-15-18-7-5-10-23-14-18/h5,7,10,14,20,24H,4,6,8-9,11-13,15-16H2,1-3H3,(H,25,27). The third-order valence-electron chi connectivity index (χ3n) is 6.13. The maximum atomic E-state index is 12.5. The van der Waals surface area contributed by atoms with Crippen molar-refractivity contribution < 1.29 is 4.79 Å². The van der Waals surface area contributed by atoms with Gasteiger partial charge >= 0.3 is 0 Å². The van der Waals surface area contributed by atoms with Gasteiger partial charge in [0.25, 0.3) is 0 Å². The Bertz CT molecular complexity index is 668. The van der Waals surface area contributed by atoms with E-state index < -0.39 is 0 Å². The van der Waals surface area contributed by atoms with Crippen molar-refractivity contribution in [1.29, 1.82) is 0 Å². The first kappa shape index (κ1) is 20.0. The fraction of sp³-hybridized carbons (Fsp3) is 0.636. The van der Waals surface area contributed by atoms with Crippen LogP contribution in [0.3, 0.4) is 0 Å². The van der Waals surface area contributed by atoms with E-state index in [-0.39, 0.29) is 11.9 Å². The van der Waals surface area contributed by atoms with Gasteiger partial charge < -0.3 is 10.6 Å². The van der Waals surface area contributed by atoms with Crippen LogP contribution in [0.5, 0.6) is 0 Å². The molecule has 1 aliphatic heterocycles. The summed E-state index contributed by atoms with van der Waals surface area (Å²) >= 11 is 0. The van der Waals surface area contributed by atoms with E-state index in [1.807, 2.05) is 12.1 Å². The number of hydrogen-bond donors (Lipinski definition) is 2. The zero-order valence-corrected chi connectivity index (χ0v) is 17.1. The molecule has 1 unspecified atom stereocenters. The molecule has 148 valence electrons. The van der Waals surface area contributed by atoms with E-state index >= 15 is 0 Å². The average molecular weight is 371 g/mol. The van der Waals surface area contributed by atoms with E-state index in [1.165, 1.54) is 19.3 Å². The molecule has 1 aromatic rings. The normalized spacial score (nSPS) is 23.3. The number of hydrogen-bond acceptors (Lipinski definition) is 4. The Morgan fingerprint density at radius 1 is 1.44 bits per heavy atom. The highest BCUT2D eigenvalue weighted by Crippen LogP contribution is 2.41. The molecule has 0 saturated carbocycles. The van der Waals surface area contributed by atoms with Crippen molar-refractivity contribution in [2.45, 2.75) is 59.0 Å². The van der Waals surface area contributed by atoms with Crippen LogP contribution in [-0.2, 0) is 11.3 Å². The molecule has 3 rings (SSSR count). The lowest BCUT2D eigenvalue weighted by Crippen LogP contribution is -2.57. The Hall–Kier alpha value is -1.72. The number of nitrogens with zero attached hydrogens (tertiary/aromatic N) is 2. The summed E-state index contributed by atoms with van der Waals surface area (Å²) in [6.45, 7) is 11.3. The Balaban J connectivity index is 1.49. The summed E-state index contributed by atoms with van der Waals surface area (Å²) < 4.78 is 0. The first-order chi connectivity index (χ1) is 13.0. The summed E-state index contributed by atoms with van der Waals surface area (Å²) in [4.78, 5) is 19.1. The van der Waals surface area contributed by atoms with Crippen molar-refractivity contribution in [1.82, 2.24) is 20.5 Å². The molecule has 1 aliphatic carbocycles. The first-order valence-corrected chi connectivity index (χ1v) is 10.3. The summed E-state index contributed by atoms with van der Waals surface area (Å²) in [5.41, 5.74) is 4.59. The molecule has 0 radical (unpaired) electrons. The van der Waals surface area contributed by atoms with Crippen LogP contribution >= 0.6 is 0 Å². The second-order valence-electron chi connectivity index (χ2n) is 8.63. The molecule has 1 amide bonds. The second kappa shape index (κ2) is 8.98. The van der Waals surface area contributed by atoms with E-state index in [2.05, 4.69) is 41.3 Å². The number of carbonyl (C=O) groups is 1. The third-order valence-corrected chi connectivity index (χ3v) is 6.13. The van der Waals surface area contributed by atoms with Crippen molar-refractivity contribution in [2.75, 3.05) is 26.2 Å². The lowest BCUT2D eigenvalue weighted by Gasteiger charge is -2.37. The number of pyridine rings is 1. The SMILES string of the molecule is CC1=C(CCN2CCNC(C(=O)NCc3cccnc3)C2)C(C)(C)CCC1. The van der Waals surface area contributed by atoms with Gasteiger partial charge in [-0.15, -0.1) is 0 Å². The predicted octanol–water partition coefficient (Wildman–Crippen LogP) is 2.89. The summed E-state index contributed by atoms with van der Waals surface area (Å²) in [5.74, 6) is 0.0805. The Labute approximate surface area is 163 Å². The van der Waals surface area contributed by atoms with Gasteiger partial charge in [-0.05, 0) is 49.7 Å². The molecule has 2 aliphatic rings. The van der Waals surface area contributed by atoms with Crippen molar-refractivity contribution in [3.05, 3.63) is 41.2 Å². The van der Waals surface area contributed by atoms with Gasteiger partial charge in [-0.2, -0.15) is 0 Å². The van der Waals surface area contributed by atoms with Gasteiger partial charge in [-0.3, -0.25) is 14.7 Å². The molecule has 1 saturated heterocycles. The quantitative estimate of drug-likeness (QED) is 0.756.